The van der Waals surface area contributed by atoms with Crippen molar-refractivity contribution in [2.75, 3.05) is 7.11 Å². The van der Waals surface area contributed by atoms with Crippen LogP contribution in [0.1, 0.15) is 26.7 Å². The highest BCUT2D eigenvalue weighted by Gasteiger charge is 2.55. The van der Waals surface area contributed by atoms with E-state index in [-0.39, 0.29) is 11.4 Å². The SMILES string of the molecule is CCC1CC1(C)C(=O)OC. The molecule has 2 nitrogen and oxygen atoms in total. The largest absolute Gasteiger partial charge is 0.469 e. The fourth-order valence-electron chi connectivity index (χ4n) is 1.53. The fourth-order valence-corrected chi connectivity index (χ4v) is 1.53. The second-order valence-corrected chi connectivity index (χ2v) is 3.22. The molecule has 2 atom stereocenters. The minimum absolute atomic E-state index is 0.0423. The third kappa shape index (κ3) is 0.917. The van der Waals surface area contributed by atoms with Crippen LogP contribution in [0.4, 0.5) is 0 Å². The zero-order valence-electron chi connectivity index (χ0n) is 6.81. The van der Waals surface area contributed by atoms with Crippen molar-refractivity contribution in [1.82, 2.24) is 0 Å². The lowest BCUT2D eigenvalue weighted by molar-refractivity contribution is -0.147. The van der Waals surface area contributed by atoms with E-state index in [2.05, 4.69) is 11.7 Å². The third-order valence-electron chi connectivity index (χ3n) is 2.56. The van der Waals surface area contributed by atoms with E-state index in [1.165, 1.54) is 7.11 Å². The Morgan fingerprint density at radius 2 is 2.40 bits per heavy atom. The smallest absolute Gasteiger partial charge is 0.311 e. The Morgan fingerprint density at radius 3 is 2.70 bits per heavy atom. The summed E-state index contributed by atoms with van der Waals surface area (Å²) < 4.78 is 4.67. The fraction of sp³-hybridized carbons (Fsp3) is 0.875. The zero-order valence-corrected chi connectivity index (χ0v) is 6.81. The summed E-state index contributed by atoms with van der Waals surface area (Å²) in [5.74, 6) is 0.527. The molecule has 0 N–H and O–H groups in total. The number of esters is 1. The van der Waals surface area contributed by atoms with Gasteiger partial charge in [0.2, 0.25) is 0 Å². The minimum atomic E-state index is -0.135. The van der Waals surface area contributed by atoms with Crippen molar-refractivity contribution < 1.29 is 9.53 Å². The lowest BCUT2D eigenvalue weighted by Crippen LogP contribution is -2.15. The number of hydrogen-bond acceptors (Lipinski definition) is 2. The van der Waals surface area contributed by atoms with E-state index in [9.17, 15) is 4.79 Å². The Bertz CT molecular complexity index is 153. The molecule has 0 aromatic heterocycles. The Hall–Kier alpha value is -0.530. The first-order valence-corrected chi connectivity index (χ1v) is 3.73. The van der Waals surface area contributed by atoms with Gasteiger partial charge in [-0.1, -0.05) is 13.3 Å². The molecule has 1 saturated carbocycles. The van der Waals surface area contributed by atoms with Gasteiger partial charge in [0.05, 0.1) is 12.5 Å². The molecule has 1 fully saturated rings. The van der Waals surface area contributed by atoms with Crippen LogP contribution < -0.4 is 0 Å². The molecule has 10 heavy (non-hydrogen) atoms. The summed E-state index contributed by atoms with van der Waals surface area (Å²) in [5.41, 5.74) is -0.135. The molecule has 2 heteroatoms. The van der Waals surface area contributed by atoms with Gasteiger partial charge in [-0.15, -0.1) is 0 Å². The van der Waals surface area contributed by atoms with Crippen LogP contribution in [-0.2, 0) is 9.53 Å². The van der Waals surface area contributed by atoms with Crippen molar-refractivity contribution in [2.24, 2.45) is 11.3 Å². The summed E-state index contributed by atoms with van der Waals surface area (Å²) in [6, 6.07) is 0. The molecule has 2 unspecified atom stereocenters. The quantitative estimate of drug-likeness (QED) is 0.547. The molecule has 0 spiro atoms. The summed E-state index contributed by atoms with van der Waals surface area (Å²) in [7, 11) is 1.46. The van der Waals surface area contributed by atoms with E-state index in [0.717, 1.165) is 12.8 Å². The molecule has 1 rings (SSSR count). The molecule has 0 saturated heterocycles. The molecule has 0 aliphatic heterocycles. The van der Waals surface area contributed by atoms with Gasteiger partial charge in [0.25, 0.3) is 0 Å². The minimum Gasteiger partial charge on any atom is -0.469 e. The Labute approximate surface area is 61.6 Å². The summed E-state index contributed by atoms with van der Waals surface area (Å²) in [4.78, 5) is 11.0. The first-order valence-electron chi connectivity index (χ1n) is 3.73. The van der Waals surface area contributed by atoms with Crippen LogP contribution in [0.15, 0.2) is 0 Å². The number of carbonyl (C=O) groups is 1. The topological polar surface area (TPSA) is 26.3 Å². The summed E-state index contributed by atoms with van der Waals surface area (Å²) >= 11 is 0. The average Bonchev–Trinajstić information content (AvgIpc) is 2.61. The van der Waals surface area contributed by atoms with Crippen molar-refractivity contribution in [3.05, 3.63) is 0 Å². The molecule has 0 aromatic rings. The maximum atomic E-state index is 11.0. The third-order valence-corrected chi connectivity index (χ3v) is 2.56. The lowest BCUT2D eigenvalue weighted by atomic mass is 10.1. The second kappa shape index (κ2) is 2.26. The van der Waals surface area contributed by atoms with Gasteiger partial charge in [-0.2, -0.15) is 0 Å². The van der Waals surface area contributed by atoms with Crippen molar-refractivity contribution in [1.29, 1.82) is 0 Å². The monoisotopic (exact) mass is 142 g/mol. The van der Waals surface area contributed by atoms with Crippen LogP contribution in [0.2, 0.25) is 0 Å². The van der Waals surface area contributed by atoms with E-state index < -0.39 is 0 Å². The van der Waals surface area contributed by atoms with Crippen LogP contribution in [0, 0.1) is 11.3 Å². The molecule has 1 aliphatic carbocycles. The van der Waals surface area contributed by atoms with Crippen molar-refractivity contribution >= 4 is 5.97 Å². The van der Waals surface area contributed by atoms with Crippen molar-refractivity contribution in [3.63, 3.8) is 0 Å². The lowest BCUT2D eigenvalue weighted by Gasteiger charge is -2.05. The predicted molar refractivity (Wildman–Crippen MR) is 38.5 cm³/mol. The van der Waals surface area contributed by atoms with Gasteiger partial charge in [-0.25, -0.2) is 0 Å². The molecule has 0 aromatic carbocycles. The van der Waals surface area contributed by atoms with Crippen molar-refractivity contribution in [3.8, 4) is 0 Å². The maximum absolute atomic E-state index is 11.0. The normalized spacial score (nSPS) is 37.3. The molecule has 1 aliphatic rings. The average molecular weight is 142 g/mol. The van der Waals surface area contributed by atoms with Gasteiger partial charge < -0.3 is 4.74 Å². The molecular formula is C8H14O2. The van der Waals surface area contributed by atoms with E-state index in [1.54, 1.807) is 0 Å². The van der Waals surface area contributed by atoms with Crippen molar-refractivity contribution in [2.45, 2.75) is 26.7 Å². The molecule has 0 amide bonds. The van der Waals surface area contributed by atoms with Gasteiger partial charge >= 0.3 is 5.97 Å². The van der Waals surface area contributed by atoms with Gasteiger partial charge in [0.1, 0.15) is 0 Å². The van der Waals surface area contributed by atoms with E-state index in [0.29, 0.717) is 5.92 Å². The first kappa shape index (κ1) is 7.58. The van der Waals surface area contributed by atoms with Gasteiger partial charge in [0, 0.05) is 0 Å². The number of carbonyl (C=O) groups excluding carboxylic acids is 1. The Kier molecular flexibility index (Phi) is 1.71. The molecular weight excluding hydrogens is 128 g/mol. The molecule has 58 valence electrons. The van der Waals surface area contributed by atoms with Crippen LogP contribution >= 0.6 is 0 Å². The van der Waals surface area contributed by atoms with Gasteiger partial charge in [-0.3, -0.25) is 4.79 Å². The summed E-state index contributed by atoms with van der Waals surface area (Å²) in [6.45, 7) is 4.09. The highest BCUT2D eigenvalue weighted by atomic mass is 16.5. The number of hydrogen-bond donors (Lipinski definition) is 0. The molecule has 0 heterocycles. The van der Waals surface area contributed by atoms with Crippen LogP contribution in [0.5, 0.6) is 0 Å². The standard InChI is InChI=1S/C8H14O2/c1-4-6-5-8(6,2)7(9)10-3/h6H,4-5H2,1-3H3. The van der Waals surface area contributed by atoms with E-state index in [4.69, 9.17) is 0 Å². The molecule has 0 bridgehead atoms. The van der Waals surface area contributed by atoms with Crippen LogP contribution in [0.25, 0.3) is 0 Å². The maximum Gasteiger partial charge on any atom is 0.311 e. The van der Waals surface area contributed by atoms with E-state index in [1.807, 2.05) is 6.92 Å². The number of ether oxygens (including phenoxy) is 1. The highest BCUT2D eigenvalue weighted by molar-refractivity contribution is 5.79. The van der Waals surface area contributed by atoms with Gasteiger partial charge in [-0.05, 0) is 19.3 Å². The van der Waals surface area contributed by atoms with E-state index >= 15 is 0 Å². The van der Waals surface area contributed by atoms with Gasteiger partial charge in [0.15, 0.2) is 0 Å². The predicted octanol–water partition coefficient (Wildman–Crippen LogP) is 1.60. The van der Waals surface area contributed by atoms with Crippen LogP contribution in [0.3, 0.4) is 0 Å². The first-order chi connectivity index (χ1) is 4.65. The Balaban J connectivity index is 2.50. The number of rotatable bonds is 2. The van der Waals surface area contributed by atoms with Crippen LogP contribution in [-0.4, -0.2) is 13.1 Å². The summed E-state index contributed by atoms with van der Waals surface area (Å²) in [5, 5.41) is 0. The number of methoxy groups -OCH3 is 1. The highest BCUT2D eigenvalue weighted by Crippen LogP contribution is 2.54. The summed E-state index contributed by atoms with van der Waals surface area (Å²) in [6.07, 6.45) is 2.10. The Morgan fingerprint density at radius 1 is 1.80 bits per heavy atom. The second-order valence-electron chi connectivity index (χ2n) is 3.22. The molecule has 0 radical (unpaired) electrons. The zero-order chi connectivity index (χ0) is 7.78.